The number of carbonyl (C=O) groups excluding carboxylic acids is 1. The van der Waals surface area contributed by atoms with Crippen molar-refractivity contribution < 1.29 is 45.0 Å². The van der Waals surface area contributed by atoms with Gasteiger partial charge < -0.3 is 14.8 Å². The van der Waals surface area contributed by atoms with E-state index in [9.17, 15) is 31.1 Å². The van der Waals surface area contributed by atoms with Gasteiger partial charge in [0.05, 0.1) is 11.6 Å². The molecule has 0 saturated heterocycles. The molecule has 1 amide bonds. The fourth-order valence-corrected chi connectivity index (χ4v) is 4.51. The van der Waals surface area contributed by atoms with Crippen LogP contribution in [0.2, 0.25) is 0 Å². The van der Waals surface area contributed by atoms with E-state index in [1.165, 1.54) is 24.3 Å². The van der Waals surface area contributed by atoms with Gasteiger partial charge in [0.25, 0.3) is 5.91 Å². The molecule has 0 bridgehead atoms. The Bertz CT molecular complexity index is 1560. The van der Waals surface area contributed by atoms with Crippen molar-refractivity contribution in [2.45, 2.75) is 44.4 Å². The van der Waals surface area contributed by atoms with E-state index in [2.05, 4.69) is 10.1 Å². The van der Waals surface area contributed by atoms with E-state index in [4.69, 9.17) is 4.74 Å². The van der Waals surface area contributed by atoms with E-state index < -0.39 is 53.3 Å². The van der Waals surface area contributed by atoms with Gasteiger partial charge in [-0.15, -0.1) is 0 Å². The lowest BCUT2D eigenvalue weighted by Gasteiger charge is -2.37. The summed E-state index contributed by atoms with van der Waals surface area (Å²) in [5.41, 5.74) is -1.40. The van der Waals surface area contributed by atoms with Crippen LogP contribution in [0.15, 0.2) is 91.0 Å². The molecule has 1 N–H and O–H groups in total. The van der Waals surface area contributed by atoms with Crippen molar-refractivity contribution in [1.29, 1.82) is 0 Å². The molecule has 0 heterocycles. The first kappa shape index (κ1) is 31.4. The van der Waals surface area contributed by atoms with Gasteiger partial charge in [-0.1, -0.05) is 36.4 Å². The van der Waals surface area contributed by atoms with Crippen LogP contribution in [-0.4, -0.2) is 24.5 Å². The second-order valence-electron chi connectivity index (χ2n) is 9.98. The Morgan fingerprint density at radius 2 is 1.49 bits per heavy atom. The number of hydrogen-bond acceptors (Lipinski definition) is 3. The van der Waals surface area contributed by atoms with E-state index >= 15 is 4.39 Å². The molecule has 0 fully saturated rings. The molecule has 1 unspecified atom stereocenters. The molecule has 0 aliphatic heterocycles. The van der Waals surface area contributed by atoms with Gasteiger partial charge in [0.15, 0.2) is 11.6 Å². The maximum absolute atomic E-state index is 15.1. The van der Waals surface area contributed by atoms with Crippen LogP contribution < -0.4 is 14.8 Å². The zero-order valence-corrected chi connectivity index (χ0v) is 22.9. The van der Waals surface area contributed by atoms with E-state index in [1.807, 2.05) is 0 Å². The predicted molar refractivity (Wildman–Crippen MR) is 145 cm³/mol. The summed E-state index contributed by atoms with van der Waals surface area (Å²) >= 11 is 0. The van der Waals surface area contributed by atoms with Gasteiger partial charge in [-0.2, -0.15) is 17.6 Å². The molecule has 43 heavy (non-hydrogen) atoms. The molecule has 1 atom stereocenters. The number of hydrogen-bond donors (Lipinski definition) is 1. The van der Waals surface area contributed by atoms with E-state index in [-0.39, 0.29) is 28.9 Å². The topological polar surface area (TPSA) is 47.6 Å². The molecule has 0 aliphatic carbocycles. The Kier molecular flexibility index (Phi) is 9.32. The Balaban J connectivity index is 2.00. The highest BCUT2D eigenvalue weighted by molar-refractivity contribution is 5.95. The number of carbonyl (C=O) groups is 1. The highest BCUT2D eigenvalue weighted by Crippen LogP contribution is 2.39. The summed E-state index contributed by atoms with van der Waals surface area (Å²) in [5.74, 6) is -4.49. The minimum absolute atomic E-state index is 0.0169. The second kappa shape index (κ2) is 12.8. The summed E-state index contributed by atoms with van der Waals surface area (Å²) in [7, 11) is 0. The van der Waals surface area contributed by atoms with Crippen LogP contribution in [-0.2, 0) is 12.0 Å². The number of amides is 1. The van der Waals surface area contributed by atoms with Crippen LogP contribution >= 0.6 is 0 Å². The second-order valence-corrected chi connectivity index (χ2v) is 9.98. The average Bonchev–Trinajstić information content (AvgIpc) is 2.94. The van der Waals surface area contributed by atoms with E-state index in [0.717, 1.165) is 30.3 Å². The Hall–Kier alpha value is -4.54. The van der Waals surface area contributed by atoms with Crippen molar-refractivity contribution >= 4 is 5.91 Å². The lowest BCUT2D eigenvalue weighted by Crippen LogP contribution is -2.48. The molecule has 0 aromatic heterocycles. The lowest BCUT2D eigenvalue weighted by atomic mass is 9.77. The maximum Gasteiger partial charge on any atom is 0.461 e. The average molecular weight is 606 g/mol. The first-order chi connectivity index (χ1) is 20.3. The molecule has 4 aromatic carbocycles. The first-order valence-electron chi connectivity index (χ1n) is 13.0. The molecule has 0 saturated carbocycles. The summed E-state index contributed by atoms with van der Waals surface area (Å²) in [6.45, 7) is 3.30. The molecule has 11 heteroatoms. The van der Waals surface area contributed by atoms with Crippen molar-refractivity contribution in [1.82, 2.24) is 5.32 Å². The Labute approximate surface area is 243 Å². The highest BCUT2D eigenvalue weighted by atomic mass is 19.3. The van der Waals surface area contributed by atoms with E-state index in [1.54, 1.807) is 44.2 Å². The molecular formula is C32H26F7NO3. The minimum atomic E-state index is -4.96. The van der Waals surface area contributed by atoms with E-state index in [0.29, 0.717) is 11.6 Å². The van der Waals surface area contributed by atoms with Gasteiger partial charge in [0.1, 0.15) is 17.4 Å². The zero-order chi connectivity index (χ0) is 31.4. The number of halogens is 7. The van der Waals surface area contributed by atoms with Crippen molar-refractivity contribution in [2.24, 2.45) is 0 Å². The number of alkyl halides is 4. The smallest absolute Gasteiger partial charge is 0.461 e. The van der Waals surface area contributed by atoms with Crippen LogP contribution in [0, 0.1) is 17.5 Å². The van der Waals surface area contributed by atoms with Crippen molar-refractivity contribution in [3.8, 4) is 11.5 Å². The van der Waals surface area contributed by atoms with Crippen molar-refractivity contribution in [2.75, 3.05) is 0 Å². The van der Waals surface area contributed by atoms with Crippen LogP contribution in [0.25, 0.3) is 0 Å². The SMILES string of the molecule is CC(C)Oc1cc(C(Cc2ccccc2)(NC(=O)c2ccc(F)cc2)c2cc(F)cc(OC(F)(F)C(F)F)c2)ccc1F. The first-order valence-corrected chi connectivity index (χ1v) is 13.0. The summed E-state index contributed by atoms with van der Waals surface area (Å²) in [4.78, 5) is 13.6. The third-order valence-electron chi connectivity index (χ3n) is 6.40. The molecule has 4 aromatic rings. The van der Waals surface area contributed by atoms with Gasteiger partial charge >= 0.3 is 12.5 Å². The van der Waals surface area contributed by atoms with Crippen LogP contribution in [0.4, 0.5) is 30.7 Å². The maximum atomic E-state index is 15.1. The summed E-state index contributed by atoms with van der Waals surface area (Å²) in [6.07, 6.45) is -9.83. The predicted octanol–water partition coefficient (Wildman–Crippen LogP) is 8.04. The summed E-state index contributed by atoms with van der Waals surface area (Å²) < 4.78 is 107. The van der Waals surface area contributed by atoms with Gasteiger partial charge in [0, 0.05) is 18.1 Å². The quantitative estimate of drug-likeness (QED) is 0.176. The van der Waals surface area contributed by atoms with Crippen LogP contribution in [0.1, 0.15) is 40.9 Å². The molecule has 4 rings (SSSR count). The minimum Gasteiger partial charge on any atom is -0.488 e. The molecule has 226 valence electrons. The molecule has 4 nitrogen and oxygen atoms in total. The standard InChI is InChI=1S/C32H26F7NO3/c1-19(2)42-28-16-22(10-13-27(28)35)31(18-20-6-4-3-5-7-20,40-29(41)21-8-11-24(33)12-9-21)23-14-25(34)17-26(15-23)43-32(38,39)30(36)37/h3-17,19,30H,18H2,1-2H3,(H,40,41). The summed E-state index contributed by atoms with van der Waals surface area (Å²) in [5, 5.41) is 2.79. The fourth-order valence-electron chi connectivity index (χ4n) is 4.51. The van der Waals surface area contributed by atoms with Crippen molar-refractivity contribution in [3.63, 3.8) is 0 Å². The molecule has 0 radical (unpaired) electrons. The van der Waals surface area contributed by atoms with Gasteiger partial charge in [0.2, 0.25) is 0 Å². The van der Waals surface area contributed by atoms with Gasteiger partial charge in [-0.05, 0) is 79.1 Å². The largest absolute Gasteiger partial charge is 0.488 e. The third kappa shape index (κ3) is 7.46. The number of nitrogens with one attached hydrogen (secondary N) is 1. The monoisotopic (exact) mass is 605 g/mol. The summed E-state index contributed by atoms with van der Waals surface area (Å²) in [6, 6.07) is 18.8. The molecule has 0 aliphatic rings. The van der Waals surface area contributed by atoms with Gasteiger partial charge in [-0.25, -0.2) is 13.2 Å². The number of rotatable bonds is 11. The number of ether oxygens (including phenoxy) is 2. The zero-order valence-electron chi connectivity index (χ0n) is 22.9. The van der Waals surface area contributed by atoms with Crippen LogP contribution in [0.5, 0.6) is 11.5 Å². The van der Waals surface area contributed by atoms with Crippen LogP contribution in [0.3, 0.4) is 0 Å². The molecule has 0 spiro atoms. The fraction of sp³-hybridized carbons (Fsp3) is 0.219. The third-order valence-corrected chi connectivity index (χ3v) is 6.40. The number of benzene rings is 4. The Morgan fingerprint density at radius 1 is 0.814 bits per heavy atom. The molecular weight excluding hydrogens is 579 g/mol. The van der Waals surface area contributed by atoms with Crippen molar-refractivity contribution in [3.05, 3.63) is 131 Å². The normalized spacial score (nSPS) is 13.1. The highest BCUT2D eigenvalue weighted by Gasteiger charge is 2.45. The Morgan fingerprint density at radius 3 is 2.12 bits per heavy atom. The lowest BCUT2D eigenvalue weighted by molar-refractivity contribution is -0.253. The van der Waals surface area contributed by atoms with Gasteiger partial charge in [-0.3, -0.25) is 4.79 Å².